The van der Waals surface area contributed by atoms with Crippen molar-refractivity contribution in [1.82, 2.24) is 5.32 Å². The number of nitrogens with one attached hydrogen (secondary N) is 1. The van der Waals surface area contributed by atoms with E-state index in [0.717, 1.165) is 5.56 Å². The summed E-state index contributed by atoms with van der Waals surface area (Å²) >= 11 is 0. The molecule has 0 aliphatic rings. The largest absolute Gasteiger partial charge is 0.505 e. The van der Waals surface area contributed by atoms with Crippen molar-refractivity contribution in [2.24, 2.45) is 0 Å². The molecular formula is C12H18FNO2. The van der Waals surface area contributed by atoms with Crippen molar-refractivity contribution in [3.8, 4) is 5.75 Å². The van der Waals surface area contributed by atoms with Crippen molar-refractivity contribution < 1.29 is 14.6 Å². The molecule has 90 valence electrons. The van der Waals surface area contributed by atoms with Gasteiger partial charge in [0, 0.05) is 18.7 Å². The van der Waals surface area contributed by atoms with E-state index in [1.807, 2.05) is 13.8 Å². The second-order valence-corrected chi connectivity index (χ2v) is 4.50. The third-order valence-corrected chi connectivity index (χ3v) is 2.52. The SMILES string of the molecule is CC(C)(CCO)NCc1ccc(O)c(F)c1. The molecule has 0 radical (unpaired) electrons. The molecule has 1 rings (SSSR count). The number of hydrogen-bond donors (Lipinski definition) is 3. The summed E-state index contributed by atoms with van der Waals surface area (Å²) in [5.41, 5.74) is 0.574. The van der Waals surface area contributed by atoms with Crippen LogP contribution in [0.2, 0.25) is 0 Å². The molecule has 0 spiro atoms. The van der Waals surface area contributed by atoms with Gasteiger partial charge in [-0.2, -0.15) is 0 Å². The van der Waals surface area contributed by atoms with E-state index in [1.165, 1.54) is 12.1 Å². The third kappa shape index (κ3) is 3.79. The van der Waals surface area contributed by atoms with E-state index in [4.69, 9.17) is 10.2 Å². The fourth-order valence-corrected chi connectivity index (χ4v) is 1.37. The minimum absolute atomic E-state index is 0.115. The average Bonchev–Trinajstić information content (AvgIpc) is 2.20. The number of halogens is 1. The van der Waals surface area contributed by atoms with E-state index in [2.05, 4.69) is 5.32 Å². The van der Waals surface area contributed by atoms with Crippen molar-refractivity contribution in [3.63, 3.8) is 0 Å². The van der Waals surface area contributed by atoms with Crippen LogP contribution in [-0.4, -0.2) is 22.4 Å². The summed E-state index contributed by atoms with van der Waals surface area (Å²) in [4.78, 5) is 0. The summed E-state index contributed by atoms with van der Waals surface area (Å²) < 4.78 is 13.0. The molecule has 0 heterocycles. The highest BCUT2D eigenvalue weighted by Gasteiger charge is 2.15. The van der Waals surface area contributed by atoms with Crippen LogP contribution in [0.25, 0.3) is 0 Å². The molecule has 0 aliphatic heterocycles. The second-order valence-electron chi connectivity index (χ2n) is 4.50. The second kappa shape index (κ2) is 5.27. The van der Waals surface area contributed by atoms with Crippen LogP contribution in [0.15, 0.2) is 18.2 Å². The van der Waals surface area contributed by atoms with Gasteiger partial charge in [0.15, 0.2) is 11.6 Å². The van der Waals surface area contributed by atoms with Crippen LogP contribution in [-0.2, 0) is 6.54 Å². The topological polar surface area (TPSA) is 52.5 Å². The maximum atomic E-state index is 13.0. The van der Waals surface area contributed by atoms with Gasteiger partial charge in [0.05, 0.1) is 0 Å². The van der Waals surface area contributed by atoms with Gasteiger partial charge in [0.1, 0.15) is 0 Å². The first-order valence-corrected chi connectivity index (χ1v) is 5.28. The number of aliphatic hydroxyl groups is 1. The van der Waals surface area contributed by atoms with Crippen LogP contribution in [0.4, 0.5) is 4.39 Å². The van der Waals surface area contributed by atoms with Gasteiger partial charge in [0.2, 0.25) is 0 Å². The van der Waals surface area contributed by atoms with Gasteiger partial charge in [-0.1, -0.05) is 6.07 Å². The maximum absolute atomic E-state index is 13.0. The Hall–Kier alpha value is -1.13. The zero-order chi connectivity index (χ0) is 12.2. The standard InChI is InChI=1S/C12H18FNO2/c1-12(2,5-6-15)14-8-9-3-4-11(16)10(13)7-9/h3-4,7,14-16H,5-6,8H2,1-2H3. The van der Waals surface area contributed by atoms with E-state index in [-0.39, 0.29) is 17.9 Å². The number of aliphatic hydroxyl groups excluding tert-OH is 1. The van der Waals surface area contributed by atoms with E-state index in [1.54, 1.807) is 6.07 Å². The molecule has 0 bridgehead atoms. The summed E-state index contributed by atoms with van der Waals surface area (Å²) in [6.07, 6.45) is 0.633. The predicted octanol–water partition coefficient (Wildman–Crippen LogP) is 1.78. The van der Waals surface area contributed by atoms with E-state index < -0.39 is 5.82 Å². The van der Waals surface area contributed by atoms with Gasteiger partial charge in [-0.15, -0.1) is 0 Å². The summed E-state index contributed by atoms with van der Waals surface area (Å²) in [6, 6.07) is 4.31. The summed E-state index contributed by atoms with van der Waals surface area (Å²) in [6.45, 7) is 4.56. The highest BCUT2D eigenvalue weighted by atomic mass is 19.1. The van der Waals surface area contributed by atoms with Crippen LogP contribution >= 0.6 is 0 Å². The van der Waals surface area contributed by atoms with Crippen molar-refractivity contribution in [3.05, 3.63) is 29.6 Å². The van der Waals surface area contributed by atoms with Gasteiger partial charge < -0.3 is 15.5 Å². The normalized spacial score (nSPS) is 11.8. The van der Waals surface area contributed by atoms with Crippen LogP contribution in [0.1, 0.15) is 25.8 Å². The minimum Gasteiger partial charge on any atom is -0.505 e. The smallest absolute Gasteiger partial charge is 0.165 e. The van der Waals surface area contributed by atoms with Gasteiger partial charge in [0.25, 0.3) is 0 Å². The van der Waals surface area contributed by atoms with E-state index >= 15 is 0 Å². The number of phenolic OH excluding ortho intramolecular Hbond substituents is 1. The minimum atomic E-state index is -0.612. The van der Waals surface area contributed by atoms with Crippen LogP contribution < -0.4 is 5.32 Å². The molecule has 4 heteroatoms. The highest BCUT2D eigenvalue weighted by molar-refractivity contribution is 5.27. The summed E-state index contributed by atoms with van der Waals surface area (Å²) in [5.74, 6) is -0.947. The number of phenols is 1. The molecule has 0 saturated heterocycles. The fourth-order valence-electron chi connectivity index (χ4n) is 1.37. The maximum Gasteiger partial charge on any atom is 0.165 e. The van der Waals surface area contributed by atoms with Crippen molar-refractivity contribution >= 4 is 0 Å². The molecular weight excluding hydrogens is 209 g/mol. The Bertz CT molecular complexity index is 353. The molecule has 3 nitrogen and oxygen atoms in total. The fraction of sp³-hybridized carbons (Fsp3) is 0.500. The third-order valence-electron chi connectivity index (χ3n) is 2.52. The molecule has 0 aliphatic carbocycles. The molecule has 3 N–H and O–H groups in total. The molecule has 0 aromatic heterocycles. The zero-order valence-corrected chi connectivity index (χ0v) is 9.63. The predicted molar refractivity (Wildman–Crippen MR) is 60.7 cm³/mol. The zero-order valence-electron chi connectivity index (χ0n) is 9.63. The monoisotopic (exact) mass is 227 g/mol. The van der Waals surface area contributed by atoms with E-state index in [0.29, 0.717) is 13.0 Å². The summed E-state index contributed by atoms with van der Waals surface area (Å²) in [7, 11) is 0. The lowest BCUT2D eigenvalue weighted by Crippen LogP contribution is -2.39. The molecule has 0 fully saturated rings. The van der Waals surface area contributed by atoms with Gasteiger partial charge in [-0.05, 0) is 38.0 Å². The van der Waals surface area contributed by atoms with Crippen LogP contribution in [0.3, 0.4) is 0 Å². The van der Waals surface area contributed by atoms with Gasteiger partial charge in [-0.3, -0.25) is 0 Å². The Labute approximate surface area is 94.9 Å². The Balaban J connectivity index is 2.57. The number of benzene rings is 1. The number of aromatic hydroxyl groups is 1. The Morgan fingerprint density at radius 1 is 1.38 bits per heavy atom. The Morgan fingerprint density at radius 2 is 2.06 bits per heavy atom. The average molecular weight is 227 g/mol. The number of hydrogen-bond acceptors (Lipinski definition) is 3. The quantitative estimate of drug-likeness (QED) is 0.718. The molecule has 16 heavy (non-hydrogen) atoms. The first-order valence-electron chi connectivity index (χ1n) is 5.28. The lowest BCUT2D eigenvalue weighted by atomic mass is 10.0. The van der Waals surface area contributed by atoms with Crippen molar-refractivity contribution in [2.45, 2.75) is 32.4 Å². The molecule has 1 aromatic rings. The molecule has 0 amide bonds. The van der Waals surface area contributed by atoms with Crippen molar-refractivity contribution in [1.29, 1.82) is 0 Å². The highest BCUT2D eigenvalue weighted by Crippen LogP contribution is 2.17. The first-order chi connectivity index (χ1) is 7.44. The molecule has 0 atom stereocenters. The molecule has 0 unspecified atom stereocenters. The van der Waals surface area contributed by atoms with Crippen LogP contribution in [0.5, 0.6) is 5.75 Å². The molecule has 1 aromatic carbocycles. The van der Waals surface area contributed by atoms with Crippen molar-refractivity contribution in [2.75, 3.05) is 6.61 Å². The molecule has 0 saturated carbocycles. The lowest BCUT2D eigenvalue weighted by Gasteiger charge is -2.25. The first kappa shape index (κ1) is 12.9. The lowest BCUT2D eigenvalue weighted by molar-refractivity contribution is 0.230. The number of rotatable bonds is 5. The Morgan fingerprint density at radius 3 is 2.62 bits per heavy atom. The van der Waals surface area contributed by atoms with E-state index in [9.17, 15) is 4.39 Å². The Kier molecular flexibility index (Phi) is 4.26. The summed E-state index contributed by atoms with van der Waals surface area (Å²) in [5, 5.41) is 21.1. The van der Waals surface area contributed by atoms with Gasteiger partial charge >= 0.3 is 0 Å². The van der Waals surface area contributed by atoms with Crippen LogP contribution in [0, 0.1) is 5.82 Å². The van der Waals surface area contributed by atoms with Gasteiger partial charge in [-0.25, -0.2) is 4.39 Å².